The molecule has 1 aromatic rings. The van der Waals surface area contributed by atoms with Gasteiger partial charge in [0.25, 0.3) is 0 Å². The summed E-state index contributed by atoms with van der Waals surface area (Å²) in [7, 11) is 0. The van der Waals surface area contributed by atoms with Crippen molar-refractivity contribution < 1.29 is 0 Å². The largest absolute Gasteiger partial charge is 0.356 e. The second kappa shape index (κ2) is 3.41. The number of hydrogen-bond acceptors (Lipinski definition) is 4. The van der Waals surface area contributed by atoms with Crippen LogP contribution in [0.4, 0.5) is 0 Å². The second-order valence-corrected chi connectivity index (χ2v) is 4.27. The summed E-state index contributed by atoms with van der Waals surface area (Å²) in [5.41, 5.74) is 0. The van der Waals surface area contributed by atoms with Gasteiger partial charge in [-0.25, -0.2) is 4.98 Å². The van der Waals surface area contributed by atoms with Crippen LogP contribution < -0.4 is 0 Å². The molecule has 0 unspecified atom stereocenters. The molecule has 0 N–H and O–H groups in total. The van der Waals surface area contributed by atoms with Gasteiger partial charge in [-0.1, -0.05) is 11.6 Å². The molecule has 0 amide bonds. The molecule has 0 bridgehead atoms. The minimum atomic E-state index is 0.612. The summed E-state index contributed by atoms with van der Waals surface area (Å²) in [6, 6.07) is 0. The van der Waals surface area contributed by atoms with E-state index >= 15 is 0 Å². The number of halogens is 1. The van der Waals surface area contributed by atoms with Crippen molar-refractivity contribution in [1.29, 1.82) is 0 Å². The van der Waals surface area contributed by atoms with E-state index in [1.807, 2.05) is 12.5 Å². The van der Waals surface area contributed by atoms with Crippen molar-refractivity contribution >= 4 is 29.3 Å². The Balaban J connectivity index is 1.98. The van der Waals surface area contributed by atoms with Crippen molar-refractivity contribution in [1.82, 2.24) is 9.88 Å². The number of thiazole rings is 1. The van der Waals surface area contributed by atoms with Crippen molar-refractivity contribution in [3.05, 3.63) is 15.5 Å². The van der Waals surface area contributed by atoms with Crippen molar-refractivity contribution in [2.45, 2.75) is 6.54 Å². The van der Waals surface area contributed by atoms with Gasteiger partial charge in [0, 0.05) is 17.6 Å². The molecule has 64 valence electrons. The van der Waals surface area contributed by atoms with Crippen LogP contribution in [0.3, 0.4) is 0 Å². The molecule has 1 aliphatic rings. The molecule has 12 heavy (non-hydrogen) atoms. The summed E-state index contributed by atoms with van der Waals surface area (Å²) in [5, 5.41) is 0. The Labute approximate surface area is 79.7 Å². The molecule has 0 radical (unpaired) electrons. The predicted octanol–water partition coefficient (Wildman–Crippen LogP) is 1.64. The highest BCUT2D eigenvalue weighted by molar-refractivity contribution is 7.15. The molecular weight excluding hydrogens is 194 g/mol. The van der Waals surface area contributed by atoms with Crippen LogP contribution in [0.2, 0.25) is 4.47 Å². The SMILES string of the molecule is Clc1ncc(CN2C=NCC2)s1. The third-order valence-corrected chi connectivity index (χ3v) is 2.75. The maximum Gasteiger partial charge on any atom is 0.183 e. The van der Waals surface area contributed by atoms with Gasteiger partial charge in [0.15, 0.2) is 4.47 Å². The Morgan fingerprint density at radius 3 is 3.17 bits per heavy atom. The molecule has 3 nitrogen and oxygen atoms in total. The van der Waals surface area contributed by atoms with E-state index in [1.54, 1.807) is 0 Å². The number of aliphatic imine (C=N–C) groups is 1. The molecule has 2 rings (SSSR count). The number of hydrogen-bond donors (Lipinski definition) is 0. The fourth-order valence-corrected chi connectivity index (χ4v) is 2.10. The fourth-order valence-electron chi connectivity index (χ4n) is 1.09. The van der Waals surface area contributed by atoms with Crippen LogP contribution in [0.25, 0.3) is 0 Å². The van der Waals surface area contributed by atoms with Gasteiger partial charge in [0.1, 0.15) is 0 Å². The van der Waals surface area contributed by atoms with Crippen molar-refractivity contribution in [3.63, 3.8) is 0 Å². The first-order valence-electron chi connectivity index (χ1n) is 3.69. The third kappa shape index (κ3) is 1.76. The maximum atomic E-state index is 5.70. The second-order valence-electron chi connectivity index (χ2n) is 2.57. The first kappa shape index (κ1) is 8.01. The summed E-state index contributed by atoms with van der Waals surface area (Å²) < 4.78 is 0.612. The van der Waals surface area contributed by atoms with Gasteiger partial charge in [-0.2, -0.15) is 0 Å². The summed E-state index contributed by atoms with van der Waals surface area (Å²) in [6.07, 6.45) is 3.70. The Morgan fingerprint density at radius 2 is 2.58 bits per heavy atom. The smallest absolute Gasteiger partial charge is 0.183 e. The van der Waals surface area contributed by atoms with E-state index in [4.69, 9.17) is 11.6 Å². The lowest BCUT2D eigenvalue weighted by atomic mass is 10.5. The van der Waals surface area contributed by atoms with Crippen molar-refractivity contribution in [2.24, 2.45) is 4.99 Å². The van der Waals surface area contributed by atoms with E-state index in [0.717, 1.165) is 19.6 Å². The van der Waals surface area contributed by atoms with Crippen LogP contribution in [0.1, 0.15) is 4.88 Å². The predicted molar refractivity (Wildman–Crippen MR) is 50.9 cm³/mol. The highest BCUT2D eigenvalue weighted by atomic mass is 35.5. The molecule has 0 spiro atoms. The van der Waals surface area contributed by atoms with Gasteiger partial charge >= 0.3 is 0 Å². The normalized spacial score (nSPS) is 15.9. The van der Waals surface area contributed by atoms with E-state index in [9.17, 15) is 0 Å². The van der Waals surface area contributed by atoms with E-state index in [1.165, 1.54) is 16.2 Å². The highest BCUT2D eigenvalue weighted by Crippen LogP contribution is 2.19. The first-order chi connectivity index (χ1) is 5.84. The Bertz CT molecular complexity index is 297. The lowest BCUT2D eigenvalue weighted by Gasteiger charge is -2.10. The van der Waals surface area contributed by atoms with Gasteiger partial charge in [-0.15, -0.1) is 11.3 Å². The maximum absolute atomic E-state index is 5.70. The van der Waals surface area contributed by atoms with E-state index < -0.39 is 0 Å². The number of nitrogens with zero attached hydrogens (tertiary/aromatic N) is 3. The average molecular weight is 202 g/mol. The molecule has 1 aromatic heterocycles. The van der Waals surface area contributed by atoms with Crippen LogP contribution >= 0.6 is 22.9 Å². The van der Waals surface area contributed by atoms with Gasteiger partial charge in [0.2, 0.25) is 0 Å². The Hall–Kier alpha value is -0.610. The van der Waals surface area contributed by atoms with Crippen LogP contribution in [-0.4, -0.2) is 29.3 Å². The van der Waals surface area contributed by atoms with Gasteiger partial charge < -0.3 is 4.90 Å². The van der Waals surface area contributed by atoms with E-state index in [2.05, 4.69) is 14.9 Å². The number of rotatable bonds is 2. The fraction of sp³-hybridized carbons (Fsp3) is 0.429. The highest BCUT2D eigenvalue weighted by Gasteiger charge is 2.07. The monoisotopic (exact) mass is 201 g/mol. The molecule has 0 aromatic carbocycles. The van der Waals surface area contributed by atoms with Crippen molar-refractivity contribution in [3.8, 4) is 0 Å². The lowest BCUT2D eigenvalue weighted by molar-refractivity contribution is 0.467. The van der Waals surface area contributed by atoms with Crippen LogP contribution in [0.15, 0.2) is 11.2 Å². The molecule has 2 heterocycles. The molecular formula is C7H8ClN3S. The summed E-state index contributed by atoms with van der Waals surface area (Å²) in [4.78, 5) is 11.4. The zero-order chi connectivity index (χ0) is 8.39. The van der Waals surface area contributed by atoms with E-state index in [-0.39, 0.29) is 0 Å². The van der Waals surface area contributed by atoms with Crippen LogP contribution in [0.5, 0.6) is 0 Å². The standard InChI is InChI=1S/C7H8ClN3S/c8-7-10-3-6(12-7)4-11-2-1-9-5-11/h3,5H,1-2,4H2. The first-order valence-corrected chi connectivity index (χ1v) is 4.88. The minimum absolute atomic E-state index is 0.612. The minimum Gasteiger partial charge on any atom is -0.356 e. The molecule has 1 aliphatic heterocycles. The number of aromatic nitrogens is 1. The Kier molecular flexibility index (Phi) is 2.28. The van der Waals surface area contributed by atoms with Crippen LogP contribution in [0, 0.1) is 0 Å². The zero-order valence-corrected chi connectivity index (χ0v) is 7.98. The quantitative estimate of drug-likeness (QED) is 0.728. The molecule has 0 aliphatic carbocycles. The summed E-state index contributed by atoms with van der Waals surface area (Å²) in [6.45, 7) is 2.80. The molecule has 0 atom stereocenters. The molecule has 0 saturated heterocycles. The van der Waals surface area contributed by atoms with Gasteiger partial charge in [0.05, 0.1) is 19.4 Å². The van der Waals surface area contributed by atoms with Crippen molar-refractivity contribution in [2.75, 3.05) is 13.1 Å². The van der Waals surface area contributed by atoms with Gasteiger partial charge in [-0.05, 0) is 0 Å². The zero-order valence-electron chi connectivity index (χ0n) is 6.40. The van der Waals surface area contributed by atoms with Crippen LogP contribution in [-0.2, 0) is 6.54 Å². The molecule has 0 saturated carbocycles. The van der Waals surface area contributed by atoms with E-state index in [0.29, 0.717) is 4.47 Å². The van der Waals surface area contributed by atoms with Gasteiger partial charge in [-0.3, -0.25) is 4.99 Å². The third-order valence-electron chi connectivity index (χ3n) is 1.65. The average Bonchev–Trinajstić information content (AvgIpc) is 2.63. The molecule has 5 heteroatoms. The summed E-state index contributed by atoms with van der Waals surface area (Å²) in [5.74, 6) is 0. The topological polar surface area (TPSA) is 28.5 Å². The summed E-state index contributed by atoms with van der Waals surface area (Å²) >= 11 is 7.23. The Morgan fingerprint density at radius 1 is 1.67 bits per heavy atom. The molecule has 0 fully saturated rings. The lowest BCUT2D eigenvalue weighted by Crippen LogP contribution is -2.17.